The van der Waals surface area contributed by atoms with Gasteiger partial charge in [-0.1, -0.05) is 18.2 Å². The first-order valence-electron chi connectivity index (χ1n) is 11.0. The third kappa shape index (κ3) is 3.84. The van der Waals surface area contributed by atoms with Gasteiger partial charge in [0.15, 0.2) is 0 Å². The molecule has 0 unspecified atom stereocenters. The molecule has 1 amide bonds. The van der Waals surface area contributed by atoms with Crippen molar-refractivity contribution in [1.82, 2.24) is 19.9 Å². The predicted molar refractivity (Wildman–Crippen MR) is 119 cm³/mol. The number of fused-ring (bicyclic) bond motifs is 2. The molecule has 0 bridgehead atoms. The van der Waals surface area contributed by atoms with Crippen molar-refractivity contribution in [1.29, 1.82) is 0 Å². The van der Waals surface area contributed by atoms with Crippen molar-refractivity contribution in [3.63, 3.8) is 0 Å². The van der Waals surface area contributed by atoms with Crippen LogP contribution in [0.4, 0.5) is 5.82 Å². The van der Waals surface area contributed by atoms with Crippen molar-refractivity contribution in [2.24, 2.45) is 5.92 Å². The summed E-state index contributed by atoms with van der Waals surface area (Å²) < 4.78 is 0. The predicted octanol–water partition coefficient (Wildman–Crippen LogP) is 3.63. The Morgan fingerprint density at radius 1 is 1.20 bits per heavy atom. The molecule has 6 heteroatoms. The van der Waals surface area contributed by atoms with Crippen LogP contribution in [0.1, 0.15) is 41.9 Å². The number of para-hydroxylation sites is 1. The van der Waals surface area contributed by atoms with Crippen LogP contribution in [0.25, 0.3) is 10.9 Å². The van der Waals surface area contributed by atoms with Gasteiger partial charge in [0.1, 0.15) is 11.6 Å². The maximum atomic E-state index is 12.8. The quantitative estimate of drug-likeness (QED) is 0.654. The van der Waals surface area contributed by atoms with E-state index < -0.39 is 0 Å². The Morgan fingerprint density at radius 3 is 2.87 bits per heavy atom. The summed E-state index contributed by atoms with van der Waals surface area (Å²) >= 11 is 0. The zero-order valence-electron chi connectivity index (χ0n) is 17.8. The van der Waals surface area contributed by atoms with Gasteiger partial charge in [-0.2, -0.15) is 0 Å². The monoisotopic (exact) mass is 403 g/mol. The van der Waals surface area contributed by atoms with Crippen LogP contribution < -0.4 is 4.90 Å². The Bertz CT molecular complexity index is 1080. The molecular weight excluding hydrogens is 374 g/mol. The number of aryl methyl sites for hydroxylation is 1. The maximum absolute atomic E-state index is 12.8. The summed E-state index contributed by atoms with van der Waals surface area (Å²) in [5, 5.41) is 1.23. The number of carbonyl (C=O) groups is 1. The molecular formula is C24H29N5O. The number of hydrogen-bond donors (Lipinski definition) is 1. The van der Waals surface area contributed by atoms with Crippen molar-refractivity contribution in [3.05, 3.63) is 53.1 Å². The number of anilines is 1. The van der Waals surface area contributed by atoms with Gasteiger partial charge in [0, 0.05) is 47.9 Å². The molecule has 1 fully saturated rings. The molecule has 1 N–H and O–H groups in total. The Hall–Kier alpha value is -2.73. The molecule has 156 valence electrons. The first-order chi connectivity index (χ1) is 14.6. The number of benzene rings is 1. The second-order valence-electron chi connectivity index (χ2n) is 8.82. The number of H-pyrrole nitrogens is 1. The second kappa shape index (κ2) is 7.84. The fraction of sp³-hybridized carbons (Fsp3) is 0.458. The summed E-state index contributed by atoms with van der Waals surface area (Å²) in [5.74, 6) is 2.65. The highest BCUT2D eigenvalue weighted by molar-refractivity contribution is 5.95. The van der Waals surface area contributed by atoms with Crippen molar-refractivity contribution in [2.75, 3.05) is 25.0 Å². The lowest BCUT2D eigenvalue weighted by Gasteiger charge is -2.29. The van der Waals surface area contributed by atoms with E-state index in [1.807, 2.05) is 11.0 Å². The van der Waals surface area contributed by atoms with Gasteiger partial charge >= 0.3 is 0 Å². The van der Waals surface area contributed by atoms with Gasteiger partial charge in [0.25, 0.3) is 0 Å². The van der Waals surface area contributed by atoms with E-state index in [2.05, 4.69) is 48.3 Å². The van der Waals surface area contributed by atoms with Gasteiger partial charge in [0.05, 0.1) is 6.54 Å². The highest BCUT2D eigenvalue weighted by Crippen LogP contribution is 2.31. The van der Waals surface area contributed by atoms with Gasteiger partial charge in [-0.15, -0.1) is 0 Å². The van der Waals surface area contributed by atoms with Crippen LogP contribution in [0.5, 0.6) is 0 Å². The minimum Gasteiger partial charge on any atom is -0.361 e. The lowest BCUT2D eigenvalue weighted by Crippen LogP contribution is -2.38. The molecule has 3 aromatic rings. The molecule has 30 heavy (non-hydrogen) atoms. The van der Waals surface area contributed by atoms with Crippen LogP contribution in [0.15, 0.2) is 30.5 Å². The van der Waals surface area contributed by atoms with E-state index >= 15 is 0 Å². The number of aromatic amines is 1. The average Bonchev–Trinajstić information content (AvgIpc) is 3.44. The number of nitrogens with one attached hydrogen (secondary N) is 1. The number of hydrogen-bond acceptors (Lipinski definition) is 4. The minimum absolute atomic E-state index is 0.165. The molecule has 1 saturated carbocycles. The normalized spacial score (nSPS) is 16.5. The van der Waals surface area contributed by atoms with Crippen molar-refractivity contribution >= 4 is 22.6 Å². The molecule has 6 nitrogen and oxygen atoms in total. The largest absolute Gasteiger partial charge is 0.361 e. The molecule has 5 rings (SSSR count). The topological polar surface area (TPSA) is 65.1 Å². The van der Waals surface area contributed by atoms with E-state index in [0.29, 0.717) is 13.0 Å². The molecule has 0 saturated heterocycles. The highest BCUT2D eigenvalue weighted by Gasteiger charge is 2.29. The van der Waals surface area contributed by atoms with Crippen molar-refractivity contribution in [2.45, 2.75) is 45.6 Å². The number of amides is 1. The molecule has 3 heterocycles. The van der Waals surface area contributed by atoms with Crippen LogP contribution in [0.2, 0.25) is 0 Å². The van der Waals surface area contributed by atoms with E-state index in [9.17, 15) is 4.79 Å². The summed E-state index contributed by atoms with van der Waals surface area (Å²) in [7, 11) is 2.14. The summed E-state index contributed by atoms with van der Waals surface area (Å²) in [4.78, 5) is 30.0. The smallest absolute Gasteiger partial charge is 0.228 e. The van der Waals surface area contributed by atoms with E-state index in [1.54, 1.807) is 0 Å². The van der Waals surface area contributed by atoms with Gasteiger partial charge in [0.2, 0.25) is 5.91 Å². The van der Waals surface area contributed by atoms with E-state index in [0.717, 1.165) is 60.3 Å². The van der Waals surface area contributed by atoms with E-state index in [4.69, 9.17) is 9.97 Å². The van der Waals surface area contributed by atoms with E-state index in [1.165, 1.54) is 23.8 Å². The van der Waals surface area contributed by atoms with Crippen LogP contribution >= 0.6 is 0 Å². The number of rotatable bonds is 7. The maximum Gasteiger partial charge on any atom is 0.228 e. The molecule has 2 aromatic heterocycles. The van der Waals surface area contributed by atoms with Crippen LogP contribution in [-0.4, -0.2) is 45.9 Å². The second-order valence-corrected chi connectivity index (χ2v) is 8.82. The van der Waals surface area contributed by atoms with Gasteiger partial charge < -0.3 is 4.98 Å². The molecule has 0 spiro atoms. The zero-order chi connectivity index (χ0) is 20.7. The minimum atomic E-state index is 0.165. The molecule has 0 atom stereocenters. The van der Waals surface area contributed by atoms with Crippen LogP contribution in [-0.2, 0) is 24.2 Å². The number of aromatic nitrogens is 3. The van der Waals surface area contributed by atoms with Crippen LogP contribution in [0.3, 0.4) is 0 Å². The first-order valence-corrected chi connectivity index (χ1v) is 11.0. The molecule has 1 aromatic carbocycles. The van der Waals surface area contributed by atoms with Gasteiger partial charge in [-0.05, 0) is 57.2 Å². The fourth-order valence-corrected chi connectivity index (χ4v) is 4.56. The van der Waals surface area contributed by atoms with Gasteiger partial charge in [-0.3, -0.25) is 14.6 Å². The Morgan fingerprint density at radius 2 is 2.03 bits per heavy atom. The lowest BCUT2D eigenvalue weighted by molar-refractivity contribution is -0.118. The van der Waals surface area contributed by atoms with Crippen LogP contribution in [0, 0.1) is 12.8 Å². The highest BCUT2D eigenvalue weighted by atomic mass is 16.2. The summed E-state index contributed by atoms with van der Waals surface area (Å²) in [5.41, 5.74) is 4.51. The van der Waals surface area contributed by atoms with Gasteiger partial charge in [-0.25, -0.2) is 9.97 Å². The van der Waals surface area contributed by atoms with Crippen molar-refractivity contribution in [3.8, 4) is 0 Å². The van der Waals surface area contributed by atoms with Crippen molar-refractivity contribution < 1.29 is 4.79 Å². The molecule has 2 aliphatic rings. The molecule has 1 aliphatic heterocycles. The lowest BCUT2D eigenvalue weighted by atomic mass is 10.0. The molecule has 0 radical (unpaired) electrons. The van der Waals surface area contributed by atoms with E-state index in [-0.39, 0.29) is 5.91 Å². The third-order valence-electron chi connectivity index (χ3n) is 6.34. The standard InChI is InChI=1S/C24H29N5O/c1-16-19-9-10-23(30)29(12-11-18-13-25-21-6-4-3-5-20(18)21)24(19)27-22(26-16)15-28(2)14-17-7-8-17/h3-6,13,17,25H,7-12,14-15H2,1-2H3. The number of nitrogens with zero attached hydrogens (tertiary/aromatic N) is 4. The molecule has 1 aliphatic carbocycles. The SMILES string of the molecule is Cc1nc(CN(C)CC2CC2)nc2c1CCC(=O)N2CCc1c[nH]c2ccccc12. The summed E-state index contributed by atoms with van der Waals surface area (Å²) in [6.45, 7) is 4.53. The summed E-state index contributed by atoms with van der Waals surface area (Å²) in [6, 6.07) is 8.31. The fourth-order valence-electron chi connectivity index (χ4n) is 4.56. The Balaban J connectivity index is 1.38. The Labute approximate surface area is 177 Å². The zero-order valence-corrected chi connectivity index (χ0v) is 17.8. The first kappa shape index (κ1) is 19.2. The third-order valence-corrected chi connectivity index (χ3v) is 6.34. The number of carbonyl (C=O) groups excluding carboxylic acids is 1. The summed E-state index contributed by atoms with van der Waals surface area (Å²) in [6.07, 6.45) is 6.81. The Kier molecular flexibility index (Phi) is 5.03. The average molecular weight is 404 g/mol.